The standard InChI is InChI=1S/C19H29N3O5S/c1-19(2,3)27-18(25)22-10-8-21(9-11-22)17(24)14(7-13-28-4)20-16(23)15-6-5-12-26-15/h5-6,12,14H,7-11,13H2,1-4H3,(H,20,23). The molecule has 1 fully saturated rings. The summed E-state index contributed by atoms with van der Waals surface area (Å²) in [4.78, 5) is 40.7. The predicted octanol–water partition coefficient (Wildman–Crippen LogP) is 2.21. The highest BCUT2D eigenvalue weighted by atomic mass is 32.2. The van der Waals surface area contributed by atoms with Gasteiger partial charge in [0.2, 0.25) is 5.91 Å². The zero-order valence-electron chi connectivity index (χ0n) is 16.9. The van der Waals surface area contributed by atoms with Crippen LogP contribution in [-0.4, -0.2) is 77.5 Å². The summed E-state index contributed by atoms with van der Waals surface area (Å²) in [5, 5.41) is 2.77. The average Bonchev–Trinajstić information content (AvgIpc) is 3.18. The van der Waals surface area contributed by atoms with Crippen LogP contribution in [0.1, 0.15) is 37.7 Å². The molecule has 0 radical (unpaired) electrons. The SMILES string of the molecule is CSCCC(NC(=O)c1ccco1)C(=O)N1CCN(C(=O)OC(C)(C)C)CC1. The zero-order chi connectivity index (χ0) is 20.7. The smallest absolute Gasteiger partial charge is 0.410 e. The van der Waals surface area contributed by atoms with E-state index in [2.05, 4.69) is 5.32 Å². The van der Waals surface area contributed by atoms with E-state index >= 15 is 0 Å². The van der Waals surface area contributed by atoms with Gasteiger partial charge >= 0.3 is 6.09 Å². The summed E-state index contributed by atoms with van der Waals surface area (Å²) >= 11 is 1.61. The second-order valence-corrected chi connectivity index (χ2v) is 8.56. The Kier molecular flexibility index (Phi) is 7.79. The number of ether oxygens (including phenoxy) is 1. The first-order chi connectivity index (χ1) is 13.2. The summed E-state index contributed by atoms with van der Waals surface area (Å²) in [6.45, 7) is 7.09. The van der Waals surface area contributed by atoms with Gasteiger partial charge in [0.15, 0.2) is 5.76 Å². The Labute approximate surface area is 169 Å². The van der Waals surface area contributed by atoms with E-state index in [4.69, 9.17) is 9.15 Å². The van der Waals surface area contributed by atoms with Gasteiger partial charge in [0.05, 0.1) is 6.26 Å². The van der Waals surface area contributed by atoms with Crippen molar-refractivity contribution in [1.82, 2.24) is 15.1 Å². The second-order valence-electron chi connectivity index (χ2n) is 7.58. The van der Waals surface area contributed by atoms with Gasteiger partial charge < -0.3 is 24.3 Å². The number of carbonyl (C=O) groups excluding carboxylic acids is 3. The third kappa shape index (κ3) is 6.47. The average molecular weight is 412 g/mol. The summed E-state index contributed by atoms with van der Waals surface area (Å²) in [6.07, 6.45) is 3.53. The summed E-state index contributed by atoms with van der Waals surface area (Å²) in [6, 6.07) is 2.56. The van der Waals surface area contributed by atoms with Crippen molar-refractivity contribution >= 4 is 29.7 Å². The molecule has 0 spiro atoms. The van der Waals surface area contributed by atoms with E-state index in [0.29, 0.717) is 32.6 Å². The quantitative estimate of drug-likeness (QED) is 0.772. The van der Waals surface area contributed by atoms with Crippen LogP contribution in [0, 0.1) is 0 Å². The van der Waals surface area contributed by atoms with Gasteiger partial charge in [-0.2, -0.15) is 11.8 Å². The van der Waals surface area contributed by atoms with Gasteiger partial charge in [-0.15, -0.1) is 0 Å². The molecule has 1 unspecified atom stereocenters. The molecule has 8 nitrogen and oxygen atoms in total. The number of carbonyl (C=O) groups is 3. The van der Waals surface area contributed by atoms with Crippen molar-refractivity contribution in [1.29, 1.82) is 0 Å². The van der Waals surface area contributed by atoms with Gasteiger partial charge in [0.1, 0.15) is 11.6 Å². The fourth-order valence-electron chi connectivity index (χ4n) is 2.79. The van der Waals surface area contributed by atoms with Gasteiger partial charge in [-0.25, -0.2) is 4.79 Å². The van der Waals surface area contributed by atoms with Gasteiger partial charge in [-0.1, -0.05) is 0 Å². The molecule has 1 aliphatic rings. The van der Waals surface area contributed by atoms with E-state index in [0.717, 1.165) is 5.75 Å². The van der Waals surface area contributed by atoms with Crippen molar-refractivity contribution in [2.24, 2.45) is 0 Å². The molecule has 0 saturated carbocycles. The topological polar surface area (TPSA) is 92.1 Å². The molecule has 156 valence electrons. The van der Waals surface area contributed by atoms with Crippen LogP contribution >= 0.6 is 11.8 Å². The largest absolute Gasteiger partial charge is 0.459 e. The molecule has 1 N–H and O–H groups in total. The van der Waals surface area contributed by atoms with Crippen molar-refractivity contribution in [3.05, 3.63) is 24.2 Å². The third-order valence-corrected chi connectivity index (χ3v) is 4.85. The van der Waals surface area contributed by atoms with E-state index in [1.54, 1.807) is 33.7 Å². The molecule has 28 heavy (non-hydrogen) atoms. The van der Waals surface area contributed by atoms with E-state index in [-0.39, 0.29) is 17.8 Å². The molecule has 1 aromatic rings. The minimum atomic E-state index is -0.627. The fraction of sp³-hybridized carbons (Fsp3) is 0.632. The summed E-state index contributed by atoms with van der Waals surface area (Å²) in [5.74, 6) is 0.374. The molecule has 2 heterocycles. The van der Waals surface area contributed by atoms with E-state index in [1.807, 2.05) is 27.0 Å². The second kappa shape index (κ2) is 9.86. The number of amides is 3. The lowest BCUT2D eigenvalue weighted by Gasteiger charge is -2.37. The highest BCUT2D eigenvalue weighted by molar-refractivity contribution is 7.98. The number of nitrogens with zero attached hydrogens (tertiary/aromatic N) is 2. The van der Waals surface area contributed by atoms with Gasteiger partial charge in [0.25, 0.3) is 5.91 Å². The van der Waals surface area contributed by atoms with Crippen molar-refractivity contribution in [2.75, 3.05) is 38.2 Å². The molecular weight excluding hydrogens is 382 g/mol. The van der Waals surface area contributed by atoms with E-state index in [1.165, 1.54) is 6.26 Å². The molecule has 1 aromatic heterocycles. The number of furan rings is 1. The van der Waals surface area contributed by atoms with Gasteiger partial charge in [-0.05, 0) is 51.3 Å². The molecular formula is C19H29N3O5S. The van der Waals surface area contributed by atoms with Crippen LogP contribution in [0.15, 0.2) is 22.8 Å². The molecule has 0 bridgehead atoms. The lowest BCUT2D eigenvalue weighted by molar-refractivity contribution is -0.135. The van der Waals surface area contributed by atoms with Crippen LogP contribution in [0.4, 0.5) is 4.79 Å². The Balaban J connectivity index is 1.93. The van der Waals surface area contributed by atoms with Crippen molar-refractivity contribution in [3.8, 4) is 0 Å². The van der Waals surface area contributed by atoms with Crippen LogP contribution in [-0.2, 0) is 9.53 Å². The minimum absolute atomic E-state index is 0.141. The highest BCUT2D eigenvalue weighted by Crippen LogP contribution is 2.14. The van der Waals surface area contributed by atoms with E-state index in [9.17, 15) is 14.4 Å². The van der Waals surface area contributed by atoms with Crippen LogP contribution in [0.2, 0.25) is 0 Å². The Bertz CT molecular complexity index is 664. The number of hydrogen-bond donors (Lipinski definition) is 1. The third-order valence-electron chi connectivity index (χ3n) is 4.20. The number of piperazine rings is 1. The lowest BCUT2D eigenvalue weighted by atomic mass is 10.1. The van der Waals surface area contributed by atoms with E-state index < -0.39 is 17.6 Å². The monoisotopic (exact) mass is 411 g/mol. The number of rotatable bonds is 6. The molecule has 9 heteroatoms. The number of hydrogen-bond acceptors (Lipinski definition) is 6. The van der Waals surface area contributed by atoms with Crippen molar-refractivity contribution in [2.45, 2.75) is 38.8 Å². The first kappa shape index (κ1) is 22.1. The zero-order valence-corrected chi connectivity index (χ0v) is 17.7. The maximum atomic E-state index is 13.0. The predicted molar refractivity (Wildman–Crippen MR) is 107 cm³/mol. The normalized spacial score (nSPS) is 15.9. The first-order valence-electron chi connectivity index (χ1n) is 9.31. The molecule has 0 aliphatic carbocycles. The lowest BCUT2D eigenvalue weighted by Crippen LogP contribution is -2.56. The molecule has 2 rings (SSSR count). The van der Waals surface area contributed by atoms with Crippen molar-refractivity contribution < 1.29 is 23.5 Å². The highest BCUT2D eigenvalue weighted by Gasteiger charge is 2.31. The molecule has 3 amide bonds. The molecule has 1 saturated heterocycles. The number of thioether (sulfide) groups is 1. The molecule has 1 atom stereocenters. The molecule has 0 aromatic carbocycles. The van der Waals surface area contributed by atoms with Gasteiger partial charge in [0, 0.05) is 26.2 Å². The fourth-order valence-corrected chi connectivity index (χ4v) is 3.26. The van der Waals surface area contributed by atoms with Crippen LogP contribution in [0.25, 0.3) is 0 Å². The maximum absolute atomic E-state index is 13.0. The Morgan fingerprint density at radius 3 is 2.39 bits per heavy atom. The van der Waals surface area contributed by atoms with Crippen molar-refractivity contribution in [3.63, 3.8) is 0 Å². The van der Waals surface area contributed by atoms with Crippen LogP contribution < -0.4 is 5.32 Å². The first-order valence-corrected chi connectivity index (χ1v) is 10.7. The van der Waals surface area contributed by atoms with Gasteiger partial charge in [-0.3, -0.25) is 9.59 Å². The Morgan fingerprint density at radius 2 is 1.86 bits per heavy atom. The minimum Gasteiger partial charge on any atom is -0.459 e. The number of nitrogens with one attached hydrogen (secondary N) is 1. The summed E-state index contributed by atoms with van der Waals surface area (Å²) in [7, 11) is 0. The Morgan fingerprint density at radius 1 is 1.21 bits per heavy atom. The maximum Gasteiger partial charge on any atom is 0.410 e. The summed E-state index contributed by atoms with van der Waals surface area (Å²) < 4.78 is 10.5. The van der Waals surface area contributed by atoms with Crippen LogP contribution in [0.5, 0.6) is 0 Å². The Hall–Kier alpha value is -2.16. The molecule has 1 aliphatic heterocycles. The summed E-state index contributed by atoms with van der Waals surface area (Å²) in [5.41, 5.74) is -0.552. The van der Waals surface area contributed by atoms with Crippen LogP contribution in [0.3, 0.4) is 0 Å².